The van der Waals surface area contributed by atoms with Gasteiger partial charge in [0.25, 0.3) is 0 Å². The largest absolute Gasteiger partial charge is 0.351 e. The lowest BCUT2D eigenvalue weighted by atomic mass is 10.0. The summed E-state index contributed by atoms with van der Waals surface area (Å²) in [5.41, 5.74) is 1.29. The van der Waals surface area contributed by atoms with E-state index in [4.69, 9.17) is 0 Å². The second kappa shape index (κ2) is 5.50. The number of anilines is 1. The van der Waals surface area contributed by atoms with Gasteiger partial charge in [-0.05, 0) is 37.5 Å². The number of pyridine rings is 1. The van der Waals surface area contributed by atoms with Crippen LogP contribution in [0.15, 0.2) is 18.3 Å². The zero-order valence-corrected chi connectivity index (χ0v) is 11.1. The van der Waals surface area contributed by atoms with Crippen LogP contribution in [0.25, 0.3) is 0 Å². The highest BCUT2D eigenvalue weighted by Gasteiger charge is 2.26. The van der Waals surface area contributed by atoms with Crippen LogP contribution in [0.1, 0.15) is 32.3 Å². The van der Waals surface area contributed by atoms with Crippen LogP contribution in [-0.4, -0.2) is 30.2 Å². The molecular weight excluding hydrogens is 210 g/mol. The third-order valence-electron chi connectivity index (χ3n) is 3.66. The standard InChI is InChI=1S/C14H23N3/c1-4-12-10-17(13(5-2)9-16-12)14-8-11(3)6-7-15-14/h6-8,12-13,16H,4-5,9-10H2,1-3H3. The third-order valence-corrected chi connectivity index (χ3v) is 3.66. The van der Waals surface area contributed by atoms with Crippen molar-refractivity contribution in [1.29, 1.82) is 0 Å². The second-order valence-corrected chi connectivity index (χ2v) is 4.92. The number of rotatable bonds is 3. The molecule has 0 radical (unpaired) electrons. The molecule has 94 valence electrons. The predicted molar refractivity (Wildman–Crippen MR) is 72.5 cm³/mol. The number of hydrogen-bond donors (Lipinski definition) is 1. The van der Waals surface area contributed by atoms with E-state index in [9.17, 15) is 0 Å². The summed E-state index contributed by atoms with van der Waals surface area (Å²) in [7, 11) is 0. The van der Waals surface area contributed by atoms with Crippen molar-refractivity contribution in [3.8, 4) is 0 Å². The van der Waals surface area contributed by atoms with Gasteiger partial charge in [0.15, 0.2) is 0 Å². The molecule has 17 heavy (non-hydrogen) atoms. The Hall–Kier alpha value is -1.09. The van der Waals surface area contributed by atoms with Crippen molar-refractivity contribution in [2.45, 2.75) is 45.7 Å². The van der Waals surface area contributed by atoms with Crippen LogP contribution in [0.5, 0.6) is 0 Å². The maximum Gasteiger partial charge on any atom is 0.129 e. The molecule has 0 saturated carbocycles. The van der Waals surface area contributed by atoms with Gasteiger partial charge in [0.2, 0.25) is 0 Å². The van der Waals surface area contributed by atoms with Crippen molar-refractivity contribution in [3.63, 3.8) is 0 Å². The van der Waals surface area contributed by atoms with Crippen molar-refractivity contribution in [2.24, 2.45) is 0 Å². The third kappa shape index (κ3) is 2.78. The monoisotopic (exact) mass is 233 g/mol. The number of nitrogens with zero attached hydrogens (tertiary/aromatic N) is 2. The van der Waals surface area contributed by atoms with Crippen LogP contribution < -0.4 is 10.2 Å². The maximum absolute atomic E-state index is 4.53. The minimum absolute atomic E-state index is 0.576. The summed E-state index contributed by atoms with van der Waals surface area (Å²) < 4.78 is 0. The van der Waals surface area contributed by atoms with Gasteiger partial charge in [-0.25, -0.2) is 4.98 Å². The van der Waals surface area contributed by atoms with E-state index >= 15 is 0 Å². The minimum Gasteiger partial charge on any atom is -0.351 e. The van der Waals surface area contributed by atoms with E-state index in [1.54, 1.807) is 0 Å². The average Bonchev–Trinajstić information content (AvgIpc) is 2.38. The summed E-state index contributed by atoms with van der Waals surface area (Å²) in [6.07, 6.45) is 4.26. The molecule has 2 heterocycles. The number of piperazine rings is 1. The highest BCUT2D eigenvalue weighted by atomic mass is 15.3. The Morgan fingerprint density at radius 3 is 2.88 bits per heavy atom. The zero-order valence-electron chi connectivity index (χ0n) is 11.1. The SMILES string of the molecule is CCC1CN(c2cc(C)ccn2)C(CC)CN1. The minimum atomic E-state index is 0.576. The van der Waals surface area contributed by atoms with Crippen LogP contribution in [0.2, 0.25) is 0 Å². The molecule has 0 spiro atoms. The molecule has 2 unspecified atom stereocenters. The molecule has 1 aromatic rings. The summed E-state index contributed by atoms with van der Waals surface area (Å²) in [6, 6.07) is 5.43. The van der Waals surface area contributed by atoms with E-state index < -0.39 is 0 Å². The fourth-order valence-corrected chi connectivity index (χ4v) is 2.46. The van der Waals surface area contributed by atoms with Crippen molar-refractivity contribution < 1.29 is 0 Å². The topological polar surface area (TPSA) is 28.2 Å². The first kappa shape index (κ1) is 12.4. The van der Waals surface area contributed by atoms with Crippen LogP contribution in [0.3, 0.4) is 0 Å². The maximum atomic E-state index is 4.53. The van der Waals surface area contributed by atoms with Gasteiger partial charge < -0.3 is 10.2 Å². The van der Waals surface area contributed by atoms with Gasteiger partial charge in [-0.3, -0.25) is 0 Å². The molecule has 0 amide bonds. The molecular formula is C14H23N3. The molecule has 0 aromatic carbocycles. The highest BCUT2D eigenvalue weighted by Crippen LogP contribution is 2.20. The number of hydrogen-bond acceptors (Lipinski definition) is 3. The summed E-state index contributed by atoms with van der Waals surface area (Å²) in [5.74, 6) is 1.14. The zero-order chi connectivity index (χ0) is 12.3. The predicted octanol–water partition coefficient (Wildman–Crippen LogP) is 2.36. The Bertz CT molecular complexity index is 364. The molecule has 1 saturated heterocycles. The van der Waals surface area contributed by atoms with E-state index in [1.165, 1.54) is 18.4 Å². The molecule has 1 aliphatic rings. The van der Waals surface area contributed by atoms with Gasteiger partial charge in [0.1, 0.15) is 5.82 Å². The molecule has 0 bridgehead atoms. The average molecular weight is 233 g/mol. The van der Waals surface area contributed by atoms with Crippen LogP contribution >= 0.6 is 0 Å². The summed E-state index contributed by atoms with van der Waals surface area (Å²) in [6.45, 7) is 8.77. The quantitative estimate of drug-likeness (QED) is 0.868. The van der Waals surface area contributed by atoms with Crippen molar-refractivity contribution in [2.75, 3.05) is 18.0 Å². The van der Waals surface area contributed by atoms with E-state index in [0.717, 1.165) is 18.9 Å². The normalized spacial score (nSPS) is 25.0. The fraction of sp³-hybridized carbons (Fsp3) is 0.643. The van der Waals surface area contributed by atoms with E-state index in [1.807, 2.05) is 6.20 Å². The first-order valence-corrected chi connectivity index (χ1v) is 6.67. The number of nitrogens with one attached hydrogen (secondary N) is 1. The summed E-state index contributed by atoms with van der Waals surface area (Å²) in [4.78, 5) is 7.00. The summed E-state index contributed by atoms with van der Waals surface area (Å²) in [5, 5.41) is 3.61. The Morgan fingerprint density at radius 2 is 2.24 bits per heavy atom. The lowest BCUT2D eigenvalue weighted by molar-refractivity contribution is 0.377. The number of aryl methyl sites for hydroxylation is 1. The van der Waals surface area contributed by atoms with Crippen molar-refractivity contribution in [1.82, 2.24) is 10.3 Å². The van der Waals surface area contributed by atoms with Gasteiger partial charge in [0.05, 0.1) is 0 Å². The van der Waals surface area contributed by atoms with E-state index in [0.29, 0.717) is 12.1 Å². The van der Waals surface area contributed by atoms with Gasteiger partial charge in [-0.2, -0.15) is 0 Å². The molecule has 1 N–H and O–H groups in total. The molecule has 1 aromatic heterocycles. The van der Waals surface area contributed by atoms with E-state index in [2.05, 4.69) is 48.1 Å². The molecule has 3 nitrogen and oxygen atoms in total. The van der Waals surface area contributed by atoms with Crippen molar-refractivity contribution in [3.05, 3.63) is 23.9 Å². The van der Waals surface area contributed by atoms with Crippen molar-refractivity contribution >= 4 is 5.82 Å². The molecule has 3 heteroatoms. The van der Waals surface area contributed by atoms with Crippen LogP contribution in [0.4, 0.5) is 5.82 Å². The van der Waals surface area contributed by atoms with Gasteiger partial charge in [-0.1, -0.05) is 13.8 Å². The first-order chi connectivity index (χ1) is 8.24. The summed E-state index contributed by atoms with van der Waals surface area (Å²) >= 11 is 0. The molecule has 2 rings (SSSR count). The lowest BCUT2D eigenvalue weighted by Gasteiger charge is -2.40. The first-order valence-electron chi connectivity index (χ1n) is 6.67. The van der Waals surface area contributed by atoms with E-state index in [-0.39, 0.29) is 0 Å². The van der Waals surface area contributed by atoms with Crippen LogP contribution in [0, 0.1) is 6.92 Å². The molecule has 1 fully saturated rings. The van der Waals surface area contributed by atoms with Crippen LogP contribution in [-0.2, 0) is 0 Å². The lowest BCUT2D eigenvalue weighted by Crippen LogP contribution is -2.56. The molecule has 2 atom stereocenters. The Labute approximate surface area is 104 Å². The Balaban J connectivity index is 2.20. The molecule has 1 aliphatic heterocycles. The van der Waals surface area contributed by atoms with Gasteiger partial charge >= 0.3 is 0 Å². The fourth-order valence-electron chi connectivity index (χ4n) is 2.46. The Kier molecular flexibility index (Phi) is 4.00. The number of aromatic nitrogens is 1. The second-order valence-electron chi connectivity index (χ2n) is 4.92. The van der Waals surface area contributed by atoms with Gasteiger partial charge in [-0.15, -0.1) is 0 Å². The van der Waals surface area contributed by atoms with Gasteiger partial charge in [0, 0.05) is 31.4 Å². The Morgan fingerprint density at radius 1 is 1.41 bits per heavy atom. The molecule has 0 aliphatic carbocycles. The smallest absolute Gasteiger partial charge is 0.129 e. The highest BCUT2D eigenvalue weighted by molar-refractivity contribution is 5.43.